The predicted molar refractivity (Wildman–Crippen MR) is 60.0 cm³/mol. The summed E-state index contributed by atoms with van der Waals surface area (Å²) in [6.45, 7) is 1.84. The van der Waals surface area contributed by atoms with Gasteiger partial charge in [-0.05, 0) is 18.6 Å². The fourth-order valence-electron chi connectivity index (χ4n) is 1.64. The SMILES string of the molecule is Cc1ccc2c(NC=O)cccc2c1O. The predicted octanol–water partition coefficient (Wildman–Crippen LogP) is 2.42. The lowest BCUT2D eigenvalue weighted by Crippen LogP contribution is -1.94. The van der Waals surface area contributed by atoms with Crippen molar-refractivity contribution in [3.8, 4) is 5.75 Å². The Balaban J connectivity index is 2.77. The Hall–Kier alpha value is -2.03. The molecule has 2 aromatic rings. The van der Waals surface area contributed by atoms with E-state index in [-0.39, 0.29) is 5.75 Å². The molecule has 0 aromatic heterocycles. The van der Waals surface area contributed by atoms with E-state index in [9.17, 15) is 9.90 Å². The molecule has 15 heavy (non-hydrogen) atoms. The highest BCUT2D eigenvalue weighted by molar-refractivity contribution is 6.00. The van der Waals surface area contributed by atoms with E-state index < -0.39 is 0 Å². The zero-order chi connectivity index (χ0) is 10.8. The van der Waals surface area contributed by atoms with Gasteiger partial charge >= 0.3 is 0 Å². The van der Waals surface area contributed by atoms with Gasteiger partial charge in [0.05, 0.1) is 0 Å². The first kappa shape index (κ1) is 9.52. The first-order valence-corrected chi connectivity index (χ1v) is 4.65. The summed E-state index contributed by atoms with van der Waals surface area (Å²) in [5, 5.41) is 14.0. The first-order chi connectivity index (χ1) is 7.24. The van der Waals surface area contributed by atoms with E-state index >= 15 is 0 Å². The van der Waals surface area contributed by atoms with Gasteiger partial charge in [-0.2, -0.15) is 0 Å². The number of nitrogens with one attached hydrogen (secondary N) is 1. The Kier molecular flexibility index (Phi) is 2.29. The van der Waals surface area contributed by atoms with Crippen molar-refractivity contribution in [2.45, 2.75) is 6.92 Å². The molecule has 2 N–H and O–H groups in total. The number of phenolic OH excluding ortho intramolecular Hbond substituents is 1. The number of rotatable bonds is 2. The van der Waals surface area contributed by atoms with Crippen molar-refractivity contribution < 1.29 is 9.90 Å². The highest BCUT2D eigenvalue weighted by Gasteiger charge is 2.05. The highest BCUT2D eigenvalue weighted by Crippen LogP contribution is 2.32. The maximum absolute atomic E-state index is 10.4. The van der Waals surface area contributed by atoms with Gasteiger partial charge in [-0.25, -0.2) is 0 Å². The van der Waals surface area contributed by atoms with E-state index in [2.05, 4.69) is 5.32 Å². The quantitative estimate of drug-likeness (QED) is 0.733. The minimum absolute atomic E-state index is 0.266. The lowest BCUT2D eigenvalue weighted by atomic mass is 10.0. The second kappa shape index (κ2) is 3.61. The lowest BCUT2D eigenvalue weighted by molar-refractivity contribution is -0.105. The van der Waals surface area contributed by atoms with Crippen LogP contribution in [-0.4, -0.2) is 11.5 Å². The summed E-state index contributed by atoms with van der Waals surface area (Å²) in [5.74, 6) is 0.266. The van der Waals surface area contributed by atoms with Crippen LogP contribution >= 0.6 is 0 Å². The van der Waals surface area contributed by atoms with Gasteiger partial charge in [0, 0.05) is 16.5 Å². The van der Waals surface area contributed by atoms with Gasteiger partial charge in [0.15, 0.2) is 0 Å². The van der Waals surface area contributed by atoms with Crippen molar-refractivity contribution in [3.63, 3.8) is 0 Å². The average Bonchev–Trinajstić information content (AvgIpc) is 2.25. The van der Waals surface area contributed by atoms with Crippen LogP contribution in [0.25, 0.3) is 10.8 Å². The Morgan fingerprint density at radius 3 is 2.73 bits per heavy atom. The maximum atomic E-state index is 10.4. The maximum Gasteiger partial charge on any atom is 0.211 e. The van der Waals surface area contributed by atoms with E-state index in [1.165, 1.54) is 0 Å². The molecule has 0 aliphatic rings. The zero-order valence-corrected chi connectivity index (χ0v) is 8.32. The summed E-state index contributed by atoms with van der Waals surface area (Å²) in [7, 11) is 0. The molecule has 0 atom stereocenters. The van der Waals surface area contributed by atoms with Crippen molar-refractivity contribution in [3.05, 3.63) is 35.9 Å². The molecule has 0 fully saturated rings. The topological polar surface area (TPSA) is 49.3 Å². The third kappa shape index (κ3) is 1.52. The number of amides is 1. The second-order valence-corrected chi connectivity index (χ2v) is 3.39. The van der Waals surface area contributed by atoms with Crippen LogP contribution in [0.5, 0.6) is 5.75 Å². The third-order valence-corrected chi connectivity index (χ3v) is 2.45. The van der Waals surface area contributed by atoms with Crippen molar-refractivity contribution in [1.82, 2.24) is 0 Å². The van der Waals surface area contributed by atoms with Crippen LogP contribution in [0.4, 0.5) is 5.69 Å². The number of hydrogen-bond acceptors (Lipinski definition) is 2. The highest BCUT2D eigenvalue weighted by atomic mass is 16.3. The monoisotopic (exact) mass is 201 g/mol. The van der Waals surface area contributed by atoms with Crippen LogP contribution in [0.2, 0.25) is 0 Å². The summed E-state index contributed by atoms with van der Waals surface area (Å²) in [6.07, 6.45) is 0.631. The molecule has 0 radical (unpaired) electrons. The minimum Gasteiger partial charge on any atom is -0.507 e. The number of phenols is 1. The van der Waals surface area contributed by atoms with Crippen LogP contribution in [0.15, 0.2) is 30.3 Å². The molecule has 3 nitrogen and oxygen atoms in total. The van der Waals surface area contributed by atoms with Gasteiger partial charge in [0.2, 0.25) is 6.41 Å². The fraction of sp³-hybridized carbons (Fsp3) is 0.0833. The largest absolute Gasteiger partial charge is 0.507 e. The molecule has 0 unspecified atom stereocenters. The van der Waals surface area contributed by atoms with Crippen LogP contribution in [0, 0.1) is 6.92 Å². The van der Waals surface area contributed by atoms with Gasteiger partial charge in [-0.1, -0.05) is 24.3 Å². The molecule has 0 saturated carbocycles. The van der Waals surface area contributed by atoms with Crippen LogP contribution < -0.4 is 5.32 Å². The molecule has 1 amide bonds. The molecule has 0 bridgehead atoms. The molecule has 0 aliphatic heterocycles. The number of carbonyl (C=O) groups excluding carboxylic acids is 1. The number of carbonyl (C=O) groups is 1. The van der Waals surface area contributed by atoms with E-state index in [4.69, 9.17) is 0 Å². The molecule has 0 aliphatic carbocycles. The van der Waals surface area contributed by atoms with Gasteiger partial charge in [-0.3, -0.25) is 4.79 Å². The molecular weight excluding hydrogens is 190 g/mol. The van der Waals surface area contributed by atoms with Crippen molar-refractivity contribution in [2.24, 2.45) is 0 Å². The number of fused-ring (bicyclic) bond motifs is 1. The average molecular weight is 201 g/mol. The number of benzene rings is 2. The normalized spacial score (nSPS) is 10.2. The van der Waals surface area contributed by atoms with E-state index in [0.29, 0.717) is 12.1 Å². The minimum atomic E-state index is 0.266. The van der Waals surface area contributed by atoms with Crippen molar-refractivity contribution in [2.75, 3.05) is 5.32 Å². The van der Waals surface area contributed by atoms with E-state index in [1.807, 2.05) is 25.1 Å². The summed E-state index contributed by atoms with van der Waals surface area (Å²) in [6, 6.07) is 9.14. The molecule has 2 aromatic carbocycles. The number of hydrogen-bond donors (Lipinski definition) is 2. The molecule has 0 saturated heterocycles. The standard InChI is InChI=1S/C12H11NO2/c1-8-5-6-9-10(12(8)15)3-2-4-11(9)13-7-14/h2-7,15H,1H3,(H,13,14). The molecule has 0 spiro atoms. The first-order valence-electron chi connectivity index (χ1n) is 4.65. The third-order valence-electron chi connectivity index (χ3n) is 2.45. The fourth-order valence-corrected chi connectivity index (χ4v) is 1.64. The summed E-state index contributed by atoms with van der Waals surface area (Å²) < 4.78 is 0. The van der Waals surface area contributed by atoms with Gasteiger partial charge < -0.3 is 10.4 Å². The zero-order valence-electron chi connectivity index (χ0n) is 8.32. The molecular formula is C12H11NO2. The molecule has 3 heteroatoms. The van der Waals surface area contributed by atoms with E-state index in [1.54, 1.807) is 12.1 Å². The van der Waals surface area contributed by atoms with Gasteiger partial charge in [-0.15, -0.1) is 0 Å². The van der Waals surface area contributed by atoms with Crippen molar-refractivity contribution in [1.29, 1.82) is 0 Å². The molecule has 0 heterocycles. The summed E-state index contributed by atoms with van der Waals surface area (Å²) >= 11 is 0. The number of aryl methyl sites for hydroxylation is 1. The van der Waals surface area contributed by atoms with Crippen LogP contribution in [0.3, 0.4) is 0 Å². The Morgan fingerprint density at radius 1 is 1.20 bits per heavy atom. The van der Waals surface area contributed by atoms with Crippen LogP contribution in [-0.2, 0) is 4.79 Å². The summed E-state index contributed by atoms with van der Waals surface area (Å²) in [5.41, 5.74) is 1.53. The smallest absolute Gasteiger partial charge is 0.211 e. The lowest BCUT2D eigenvalue weighted by Gasteiger charge is -2.07. The van der Waals surface area contributed by atoms with E-state index in [0.717, 1.165) is 16.3 Å². The Morgan fingerprint density at radius 2 is 2.00 bits per heavy atom. The van der Waals surface area contributed by atoms with Gasteiger partial charge in [0.25, 0.3) is 0 Å². The van der Waals surface area contributed by atoms with Crippen molar-refractivity contribution >= 4 is 22.9 Å². The second-order valence-electron chi connectivity index (χ2n) is 3.39. The Labute approximate surface area is 87.3 Å². The van der Waals surface area contributed by atoms with Gasteiger partial charge in [0.1, 0.15) is 5.75 Å². The number of anilines is 1. The number of aromatic hydroxyl groups is 1. The Bertz CT molecular complexity index is 520. The molecule has 76 valence electrons. The molecule has 2 rings (SSSR count). The van der Waals surface area contributed by atoms with Crippen LogP contribution in [0.1, 0.15) is 5.56 Å². The summed E-state index contributed by atoms with van der Waals surface area (Å²) in [4.78, 5) is 10.4.